The van der Waals surface area contributed by atoms with Gasteiger partial charge >= 0.3 is 0 Å². The molecule has 1 saturated heterocycles. The molecule has 1 aromatic heterocycles. The standard InChI is InChI=1S/C21H26ClFN4O/c1-3-4-11-27-21(22)19(16(2)24-27)9-10-20(28)26-14-12-25(13-15-26)18-7-5-17(23)6-8-18/h5-10H,3-4,11-15H2,1-2H3/b10-9+. The van der Waals surface area contributed by atoms with Gasteiger partial charge in [-0.2, -0.15) is 5.10 Å². The van der Waals surface area contributed by atoms with E-state index in [1.807, 2.05) is 11.8 Å². The molecule has 1 fully saturated rings. The predicted molar refractivity (Wildman–Crippen MR) is 111 cm³/mol. The number of aryl methyl sites for hydroxylation is 2. The number of anilines is 1. The molecule has 28 heavy (non-hydrogen) atoms. The number of amides is 1. The van der Waals surface area contributed by atoms with Crippen molar-refractivity contribution in [1.29, 1.82) is 0 Å². The molecule has 1 aliphatic heterocycles. The smallest absolute Gasteiger partial charge is 0.246 e. The summed E-state index contributed by atoms with van der Waals surface area (Å²) in [6, 6.07) is 6.46. The van der Waals surface area contributed by atoms with Crippen molar-refractivity contribution >= 4 is 29.3 Å². The third kappa shape index (κ3) is 4.73. The van der Waals surface area contributed by atoms with E-state index < -0.39 is 0 Å². The van der Waals surface area contributed by atoms with Gasteiger partial charge < -0.3 is 9.80 Å². The van der Waals surface area contributed by atoms with Gasteiger partial charge in [0.05, 0.1) is 5.69 Å². The monoisotopic (exact) mass is 404 g/mol. The first-order valence-corrected chi connectivity index (χ1v) is 10.1. The number of benzene rings is 1. The first-order valence-electron chi connectivity index (χ1n) is 9.70. The summed E-state index contributed by atoms with van der Waals surface area (Å²) >= 11 is 6.42. The molecule has 0 bridgehead atoms. The molecule has 2 aromatic rings. The molecule has 3 rings (SSSR count). The zero-order valence-corrected chi connectivity index (χ0v) is 17.1. The second-order valence-corrected chi connectivity index (χ2v) is 7.35. The minimum Gasteiger partial charge on any atom is -0.368 e. The minimum absolute atomic E-state index is 0.0319. The highest BCUT2D eigenvalue weighted by atomic mass is 35.5. The summed E-state index contributed by atoms with van der Waals surface area (Å²) in [4.78, 5) is 16.5. The number of carbonyl (C=O) groups is 1. The van der Waals surface area contributed by atoms with Crippen molar-refractivity contribution in [2.24, 2.45) is 0 Å². The highest BCUT2D eigenvalue weighted by Gasteiger charge is 2.20. The molecule has 0 aliphatic carbocycles. The van der Waals surface area contributed by atoms with E-state index in [0.29, 0.717) is 18.2 Å². The largest absolute Gasteiger partial charge is 0.368 e. The number of hydrogen-bond acceptors (Lipinski definition) is 3. The molecular formula is C21H26ClFN4O. The van der Waals surface area contributed by atoms with Crippen LogP contribution in [-0.2, 0) is 11.3 Å². The Balaban J connectivity index is 1.58. The van der Waals surface area contributed by atoms with Crippen LogP contribution in [0.1, 0.15) is 31.0 Å². The number of unbranched alkanes of at least 4 members (excludes halogenated alkanes) is 1. The molecule has 150 valence electrons. The summed E-state index contributed by atoms with van der Waals surface area (Å²) in [5.41, 5.74) is 2.60. The van der Waals surface area contributed by atoms with Crippen molar-refractivity contribution in [2.45, 2.75) is 33.2 Å². The van der Waals surface area contributed by atoms with Crippen LogP contribution in [0.3, 0.4) is 0 Å². The van der Waals surface area contributed by atoms with Crippen LogP contribution in [0.15, 0.2) is 30.3 Å². The van der Waals surface area contributed by atoms with Crippen LogP contribution < -0.4 is 4.90 Å². The number of aromatic nitrogens is 2. The quantitative estimate of drug-likeness (QED) is 0.679. The van der Waals surface area contributed by atoms with Gasteiger partial charge in [-0.15, -0.1) is 0 Å². The Hall–Kier alpha value is -2.34. The van der Waals surface area contributed by atoms with Crippen LogP contribution in [0.25, 0.3) is 6.08 Å². The number of nitrogens with zero attached hydrogens (tertiary/aromatic N) is 4. The fourth-order valence-electron chi connectivity index (χ4n) is 3.31. The Morgan fingerprint density at radius 2 is 1.89 bits per heavy atom. The summed E-state index contributed by atoms with van der Waals surface area (Å²) in [5.74, 6) is -0.273. The number of hydrogen-bond donors (Lipinski definition) is 0. The van der Waals surface area contributed by atoms with Crippen LogP contribution in [0.5, 0.6) is 0 Å². The lowest BCUT2D eigenvalue weighted by molar-refractivity contribution is -0.126. The molecule has 2 heterocycles. The van der Waals surface area contributed by atoms with Crippen molar-refractivity contribution in [2.75, 3.05) is 31.1 Å². The van der Waals surface area contributed by atoms with E-state index in [0.717, 1.165) is 49.4 Å². The second kappa shape index (κ2) is 9.24. The van der Waals surface area contributed by atoms with Gasteiger partial charge in [0.1, 0.15) is 11.0 Å². The van der Waals surface area contributed by atoms with Gasteiger partial charge in [-0.1, -0.05) is 24.9 Å². The third-order valence-corrected chi connectivity index (χ3v) is 5.41. The Kier molecular flexibility index (Phi) is 6.73. The molecule has 1 amide bonds. The van der Waals surface area contributed by atoms with Gasteiger partial charge in [-0.05, 0) is 43.7 Å². The zero-order chi connectivity index (χ0) is 20.1. The molecule has 1 aliphatic rings. The summed E-state index contributed by atoms with van der Waals surface area (Å²) in [6.07, 6.45) is 5.43. The fourth-order valence-corrected chi connectivity index (χ4v) is 3.63. The maximum atomic E-state index is 13.1. The van der Waals surface area contributed by atoms with E-state index in [4.69, 9.17) is 11.6 Å². The van der Waals surface area contributed by atoms with Crippen LogP contribution in [0.2, 0.25) is 5.15 Å². The van der Waals surface area contributed by atoms with Gasteiger partial charge in [0, 0.05) is 50.1 Å². The Morgan fingerprint density at radius 3 is 2.54 bits per heavy atom. The van der Waals surface area contributed by atoms with Gasteiger partial charge in [-0.25, -0.2) is 4.39 Å². The fraction of sp³-hybridized carbons (Fsp3) is 0.429. The Labute approximate surface area is 170 Å². The number of piperazine rings is 1. The normalized spacial score (nSPS) is 14.9. The van der Waals surface area contributed by atoms with Crippen LogP contribution in [-0.4, -0.2) is 46.8 Å². The SMILES string of the molecule is CCCCn1nc(C)c(/C=C/C(=O)N2CCN(c3ccc(F)cc3)CC2)c1Cl. The Bertz CT molecular complexity index is 839. The summed E-state index contributed by atoms with van der Waals surface area (Å²) in [6.45, 7) is 7.51. The topological polar surface area (TPSA) is 41.4 Å². The highest BCUT2D eigenvalue weighted by Crippen LogP contribution is 2.22. The molecule has 0 atom stereocenters. The highest BCUT2D eigenvalue weighted by molar-refractivity contribution is 6.31. The predicted octanol–water partition coefficient (Wildman–Crippen LogP) is 4.15. The average Bonchev–Trinajstić information content (AvgIpc) is 2.98. The second-order valence-electron chi connectivity index (χ2n) is 6.99. The van der Waals surface area contributed by atoms with E-state index >= 15 is 0 Å². The van der Waals surface area contributed by atoms with E-state index in [2.05, 4.69) is 16.9 Å². The van der Waals surface area contributed by atoms with Crippen molar-refractivity contribution in [3.05, 3.63) is 52.6 Å². The first-order chi connectivity index (χ1) is 13.5. The lowest BCUT2D eigenvalue weighted by Gasteiger charge is -2.35. The molecule has 0 N–H and O–H groups in total. The van der Waals surface area contributed by atoms with E-state index in [1.165, 1.54) is 12.1 Å². The maximum absolute atomic E-state index is 13.1. The molecule has 1 aromatic carbocycles. The molecule has 0 unspecified atom stereocenters. The van der Waals surface area contributed by atoms with Gasteiger partial charge in [0.2, 0.25) is 5.91 Å². The van der Waals surface area contributed by atoms with E-state index in [9.17, 15) is 9.18 Å². The van der Waals surface area contributed by atoms with Crippen LogP contribution in [0, 0.1) is 12.7 Å². The van der Waals surface area contributed by atoms with Crippen LogP contribution >= 0.6 is 11.6 Å². The van der Waals surface area contributed by atoms with Crippen LogP contribution in [0.4, 0.5) is 10.1 Å². The Morgan fingerprint density at radius 1 is 1.21 bits per heavy atom. The van der Waals surface area contributed by atoms with Crippen molar-refractivity contribution in [3.8, 4) is 0 Å². The molecule has 0 saturated carbocycles. The summed E-state index contributed by atoms with van der Waals surface area (Å²) in [7, 11) is 0. The maximum Gasteiger partial charge on any atom is 0.246 e. The van der Waals surface area contributed by atoms with Gasteiger partial charge in [-0.3, -0.25) is 9.48 Å². The molecule has 0 spiro atoms. The average molecular weight is 405 g/mol. The van der Waals surface area contributed by atoms with Gasteiger partial charge in [0.15, 0.2) is 0 Å². The minimum atomic E-state index is -0.241. The van der Waals surface area contributed by atoms with Crippen molar-refractivity contribution in [3.63, 3.8) is 0 Å². The van der Waals surface area contributed by atoms with Crippen molar-refractivity contribution < 1.29 is 9.18 Å². The lowest BCUT2D eigenvalue weighted by atomic mass is 10.2. The third-order valence-electron chi connectivity index (χ3n) is 5.01. The summed E-state index contributed by atoms with van der Waals surface area (Å²) in [5, 5.41) is 5.04. The lowest BCUT2D eigenvalue weighted by Crippen LogP contribution is -2.48. The van der Waals surface area contributed by atoms with E-state index in [-0.39, 0.29) is 11.7 Å². The zero-order valence-electron chi connectivity index (χ0n) is 16.4. The molecule has 5 nitrogen and oxygen atoms in total. The molecule has 0 radical (unpaired) electrons. The number of rotatable bonds is 6. The first kappa shape index (κ1) is 20.4. The van der Waals surface area contributed by atoms with E-state index in [1.54, 1.807) is 29.0 Å². The number of carbonyl (C=O) groups excluding carboxylic acids is 1. The van der Waals surface area contributed by atoms with Gasteiger partial charge in [0.25, 0.3) is 0 Å². The summed E-state index contributed by atoms with van der Waals surface area (Å²) < 4.78 is 14.9. The molecule has 7 heteroatoms. The number of halogens is 2. The molecular weight excluding hydrogens is 379 g/mol. The van der Waals surface area contributed by atoms with Crippen molar-refractivity contribution in [1.82, 2.24) is 14.7 Å².